The maximum Gasteiger partial charge on any atom is 0.0162 e. The van der Waals surface area contributed by atoms with Crippen LogP contribution in [0.1, 0.15) is 45.4 Å². The van der Waals surface area contributed by atoms with Crippen molar-refractivity contribution in [1.82, 2.24) is 0 Å². The van der Waals surface area contributed by atoms with Gasteiger partial charge in [-0.25, -0.2) is 0 Å². The van der Waals surface area contributed by atoms with E-state index in [9.17, 15) is 0 Å². The first-order chi connectivity index (χ1) is 5.18. The van der Waals surface area contributed by atoms with Crippen LogP contribution in [-0.2, 0) is 0 Å². The largest absolute Gasteiger partial charge is 0.325 e. The molecule has 2 bridgehead atoms. The van der Waals surface area contributed by atoms with Crippen molar-refractivity contribution < 1.29 is 0 Å². The van der Waals surface area contributed by atoms with E-state index in [0.29, 0.717) is 0 Å². The first kappa shape index (κ1) is 7.60. The molecule has 2 N–H and O–H groups in total. The van der Waals surface area contributed by atoms with Crippen molar-refractivity contribution in [2.24, 2.45) is 17.6 Å². The van der Waals surface area contributed by atoms with Gasteiger partial charge >= 0.3 is 0 Å². The third kappa shape index (κ3) is 1.44. The van der Waals surface area contributed by atoms with E-state index in [4.69, 9.17) is 5.73 Å². The molecule has 1 unspecified atom stereocenters. The van der Waals surface area contributed by atoms with Crippen LogP contribution in [-0.4, -0.2) is 5.54 Å². The summed E-state index contributed by atoms with van der Waals surface area (Å²) >= 11 is 0. The highest BCUT2D eigenvalue weighted by Crippen LogP contribution is 2.45. The summed E-state index contributed by atoms with van der Waals surface area (Å²) in [7, 11) is 0. The molecule has 0 amide bonds. The molecule has 11 heavy (non-hydrogen) atoms. The Labute approximate surface area is 69.4 Å². The quantitative estimate of drug-likeness (QED) is 0.568. The van der Waals surface area contributed by atoms with Crippen molar-refractivity contribution in [1.29, 1.82) is 0 Å². The van der Waals surface area contributed by atoms with Crippen LogP contribution in [0.25, 0.3) is 0 Å². The summed E-state index contributed by atoms with van der Waals surface area (Å²) in [6.07, 6.45) is 8.22. The summed E-state index contributed by atoms with van der Waals surface area (Å²) in [5.74, 6) is 1.87. The molecule has 3 saturated carbocycles. The standard InChI is InChI=1S/C10H19N/c1-8-3-2-4-9-6-10(11,5-8)7-9/h8-9H,2-7,11H2,1H3. The topological polar surface area (TPSA) is 26.0 Å². The smallest absolute Gasteiger partial charge is 0.0162 e. The highest BCUT2D eigenvalue weighted by atomic mass is 14.8. The SMILES string of the molecule is CC1CCCC2CC(N)(C1)C2. The third-order valence-electron chi connectivity index (χ3n) is 3.45. The van der Waals surface area contributed by atoms with Gasteiger partial charge in [0.2, 0.25) is 0 Å². The molecule has 0 spiro atoms. The summed E-state index contributed by atoms with van der Waals surface area (Å²) in [4.78, 5) is 0. The molecule has 0 heterocycles. The molecule has 0 aromatic heterocycles. The molecular weight excluding hydrogens is 134 g/mol. The highest BCUT2D eigenvalue weighted by molar-refractivity contribution is 5.00. The second kappa shape index (κ2) is 2.48. The Hall–Kier alpha value is -0.0400. The van der Waals surface area contributed by atoms with E-state index in [1.807, 2.05) is 0 Å². The molecule has 0 aromatic carbocycles. The van der Waals surface area contributed by atoms with Crippen molar-refractivity contribution in [2.75, 3.05) is 0 Å². The summed E-state index contributed by atoms with van der Waals surface area (Å²) in [5.41, 5.74) is 6.47. The van der Waals surface area contributed by atoms with Gasteiger partial charge in [0.15, 0.2) is 0 Å². The molecule has 1 atom stereocenters. The maximum absolute atomic E-state index is 6.20. The van der Waals surface area contributed by atoms with Gasteiger partial charge in [-0.05, 0) is 31.1 Å². The van der Waals surface area contributed by atoms with Gasteiger partial charge in [0, 0.05) is 5.54 Å². The fourth-order valence-electron chi connectivity index (χ4n) is 3.01. The van der Waals surface area contributed by atoms with Gasteiger partial charge in [-0.15, -0.1) is 0 Å². The molecule has 1 nitrogen and oxygen atoms in total. The van der Waals surface area contributed by atoms with E-state index in [-0.39, 0.29) is 5.54 Å². The van der Waals surface area contributed by atoms with Gasteiger partial charge < -0.3 is 5.73 Å². The Morgan fingerprint density at radius 2 is 1.91 bits per heavy atom. The van der Waals surface area contributed by atoms with Crippen LogP contribution < -0.4 is 5.73 Å². The van der Waals surface area contributed by atoms with E-state index < -0.39 is 0 Å². The van der Waals surface area contributed by atoms with Gasteiger partial charge in [0.05, 0.1) is 0 Å². The van der Waals surface area contributed by atoms with Crippen LogP contribution >= 0.6 is 0 Å². The van der Waals surface area contributed by atoms with Crippen LogP contribution in [0.5, 0.6) is 0 Å². The second-order valence-corrected chi connectivity index (χ2v) is 4.88. The lowest BCUT2D eigenvalue weighted by Gasteiger charge is -2.48. The molecule has 3 rings (SSSR count). The molecule has 0 aliphatic heterocycles. The summed E-state index contributed by atoms with van der Waals surface area (Å²) in [6.45, 7) is 2.35. The number of fused-ring (bicyclic) bond motifs is 4. The van der Waals surface area contributed by atoms with Crippen molar-refractivity contribution in [3.8, 4) is 0 Å². The lowest BCUT2D eigenvalue weighted by atomic mass is 9.61. The minimum atomic E-state index is 0.268. The highest BCUT2D eigenvalue weighted by Gasteiger charge is 2.42. The van der Waals surface area contributed by atoms with Crippen molar-refractivity contribution >= 4 is 0 Å². The fraction of sp³-hybridized carbons (Fsp3) is 1.00. The molecule has 3 aliphatic carbocycles. The molecule has 0 radical (unpaired) electrons. The summed E-state index contributed by atoms with van der Waals surface area (Å²) < 4.78 is 0. The zero-order chi connectivity index (χ0) is 7.90. The average molecular weight is 153 g/mol. The first-order valence-corrected chi connectivity index (χ1v) is 4.97. The molecule has 3 aliphatic rings. The lowest BCUT2D eigenvalue weighted by Crippen LogP contribution is -2.53. The van der Waals surface area contributed by atoms with E-state index in [1.165, 1.54) is 38.5 Å². The predicted molar refractivity (Wildman–Crippen MR) is 47.3 cm³/mol. The number of hydrogen-bond donors (Lipinski definition) is 1. The van der Waals surface area contributed by atoms with Crippen molar-refractivity contribution in [3.63, 3.8) is 0 Å². The minimum Gasteiger partial charge on any atom is -0.325 e. The van der Waals surface area contributed by atoms with Crippen LogP contribution in [0.15, 0.2) is 0 Å². The third-order valence-corrected chi connectivity index (χ3v) is 3.45. The van der Waals surface area contributed by atoms with Crippen molar-refractivity contribution in [3.05, 3.63) is 0 Å². The van der Waals surface area contributed by atoms with E-state index in [1.54, 1.807) is 0 Å². The summed E-state index contributed by atoms with van der Waals surface area (Å²) in [5, 5.41) is 0. The maximum atomic E-state index is 6.20. The van der Waals surface area contributed by atoms with Gasteiger partial charge in [-0.2, -0.15) is 0 Å². The molecule has 0 aromatic rings. The van der Waals surface area contributed by atoms with Crippen LogP contribution in [0.2, 0.25) is 0 Å². The second-order valence-electron chi connectivity index (χ2n) is 4.88. The molecule has 3 fully saturated rings. The Morgan fingerprint density at radius 3 is 2.64 bits per heavy atom. The van der Waals surface area contributed by atoms with Gasteiger partial charge in [-0.3, -0.25) is 0 Å². The monoisotopic (exact) mass is 153 g/mol. The molecule has 0 saturated heterocycles. The first-order valence-electron chi connectivity index (χ1n) is 4.97. The van der Waals surface area contributed by atoms with E-state index >= 15 is 0 Å². The lowest BCUT2D eigenvalue weighted by molar-refractivity contribution is 0.0880. The van der Waals surface area contributed by atoms with Gasteiger partial charge in [0.25, 0.3) is 0 Å². The zero-order valence-corrected chi connectivity index (χ0v) is 7.47. The van der Waals surface area contributed by atoms with Gasteiger partial charge in [-0.1, -0.05) is 26.2 Å². The normalized spacial score (nSPS) is 50.7. The Balaban J connectivity index is 1.98. The molecular formula is C10H19N. The Morgan fingerprint density at radius 1 is 1.18 bits per heavy atom. The van der Waals surface area contributed by atoms with E-state index in [0.717, 1.165) is 11.8 Å². The number of hydrogen-bond acceptors (Lipinski definition) is 1. The average Bonchev–Trinajstić information content (AvgIpc) is 1.79. The van der Waals surface area contributed by atoms with E-state index in [2.05, 4.69) is 6.92 Å². The zero-order valence-electron chi connectivity index (χ0n) is 7.47. The predicted octanol–water partition coefficient (Wildman–Crippen LogP) is 2.30. The van der Waals surface area contributed by atoms with Crippen molar-refractivity contribution in [2.45, 2.75) is 51.0 Å². The van der Waals surface area contributed by atoms with Crippen LogP contribution in [0.3, 0.4) is 0 Å². The fourth-order valence-corrected chi connectivity index (χ4v) is 3.01. The Bertz CT molecular complexity index is 147. The Kier molecular flexibility index (Phi) is 1.71. The van der Waals surface area contributed by atoms with Crippen LogP contribution in [0.4, 0.5) is 0 Å². The van der Waals surface area contributed by atoms with Crippen LogP contribution in [0, 0.1) is 11.8 Å². The minimum absolute atomic E-state index is 0.268. The summed E-state index contributed by atoms with van der Waals surface area (Å²) in [6, 6.07) is 0. The molecule has 64 valence electrons. The number of rotatable bonds is 0. The number of nitrogens with two attached hydrogens (primary N) is 1. The molecule has 1 heteroatoms. The van der Waals surface area contributed by atoms with Gasteiger partial charge in [0.1, 0.15) is 0 Å².